The Kier molecular flexibility index (Phi) is 10.6. The fourth-order valence-corrected chi connectivity index (χ4v) is 4.89. The van der Waals surface area contributed by atoms with Gasteiger partial charge in [-0.05, 0) is 77.4 Å². The average Bonchev–Trinajstić information content (AvgIpc) is 2.81. The molecule has 0 spiro atoms. The Morgan fingerprint density at radius 2 is 1.66 bits per heavy atom. The summed E-state index contributed by atoms with van der Waals surface area (Å²) < 4.78 is 22.9. The maximum Gasteiger partial charge on any atom is 0.410 e. The molecular weight excluding hydrogens is 616 g/mol. The predicted octanol–water partition coefficient (Wildman–Crippen LogP) is 7.07. The molecule has 11 heteroatoms. The van der Waals surface area contributed by atoms with E-state index in [0.717, 1.165) is 10.0 Å². The summed E-state index contributed by atoms with van der Waals surface area (Å²) in [6.45, 7) is 12.5. The van der Waals surface area contributed by atoms with Crippen LogP contribution in [0.1, 0.15) is 63.0 Å². The lowest BCUT2D eigenvalue weighted by atomic mass is 9.99. The summed E-state index contributed by atoms with van der Waals surface area (Å²) in [6, 6.07) is 10.4. The number of esters is 1. The van der Waals surface area contributed by atoms with E-state index >= 15 is 0 Å². The van der Waals surface area contributed by atoms with Crippen LogP contribution in [0.2, 0.25) is 5.02 Å². The van der Waals surface area contributed by atoms with E-state index in [1.54, 1.807) is 60.9 Å². The van der Waals surface area contributed by atoms with Gasteiger partial charge in [0.2, 0.25) is 0 Å². The van der Waals surface area contributed by atoms with E-state index in [1.807, 2.05) is 26.8 Å². The number of hydrogen-bond acceptors (Lipinski definition) is 7. The van der Waals surface area contributed by atoms with Crippen LogP contribution >= 0.6 is 27.5 Å². The highest BCUT2D eigenvalue weighted by atomic mass is 79.9. The molecule has 2 amide bonds. The third-order valence-corrected chi connectivity index (χ3v) is 6.88. The molecule has 0 unspecified atom stereocenters. The Labute approximate surface area is 255 Å². The standard InChI is InChI=1S/C30H38BrClN2O7/c1-29(2,3)40-27(36)33(15-20-16-34(17-20)28(37)41-30(4,5)6)14-19-10-22(26(35)38-7)12-24(11-19)39-18-21-8-9-23(32)13-25(21)31/h8-13,20H,14-18H2,1-7H3. The maximum absolute atomic E-state index is 13.2. The fourth-order valence-electron chi connectivity index (χ4n) is 4.09. The van der Waals surface area contributed by atoms with Crippen LogP contribution in [-0.2, 0) is 27.4 Å². The van der Waals surface area contributed by atoms with Crippen LogP contribution in [0.15, 0.2) is 40.9 Å². The van der Waals surface area contributed by atoms with Gasteiger partial charge >= 0.3 is 18.2 Å². The Balaban J connectivity index is 1.79. The third-order valence-electron chi connectivity index (χ3n) is 5.91. The molecular formula is C30H38BrClN2O7. The molecule has 2 aromatic rings. The van der Waals surface area contributed by atoms with Crippen molar-refractivity contribution in [2.24, 2.45) is 5.92 Å². The first-order valence-corrected chi connectivity index (χ1v) is 14.4. The van der Waals surface area contributed by atoms with Gasteiger partial charge in [-0.25, -0.2) is 14.4 Å². The maximum atomic E-state index is 13.2. The SMILES string of the molecule is COC(=O)c1cc(CN(CC2CN(C(=O)OC(C)(C)C)C2)C(=O)OC(C)(C)C)cc(OCc2ccc(Cl)cc2Br)c1. The van der Waals surface area contributed by atoms with E-state index in [9.17, 15) is 14.4 Å². The summed E-state index contributed by atoms with van der Waals surface area (Å²) in [5.74, 6) is -0.0503. The van der Waals surface area contributed by atoms with Gasteiger partial charge in [0.1, 0.15) is 23.6 Å². The van der Waals surface area contributed by atoms with Crippen molar-refractivity contribution in [1.82, 2.24) is 9.80 Å². The van der Waals surface area contributed by atoms with Crippen molar-refractivity contribution in [2.75, 3.05) is 26.7 Å². The van der Waals surface area contributed by atoms with Gasteiger partial charge in [-0.2, -0.15) is 0 Å². The Morgan fingerprint density at radius 3 is 2.24 bits per heavy atom. The zero-order valence-electron chi connectivity index (χ0n) is 24.6. The predicted molar refractivity (Wildman–Crippen MR) is 159 cm³/mol. The second kappa shape index (κ2) is 13.3. The largest absolute Gasteiger partial charge is 0.489 e. The molecule has 41 heavy (non-hydrogen) atoms. The van der Waals surface area contributed by atoms with Crippen LogP contribution in [0.4, 0.5) is 9.59 Å². The number of carbonyl (C=O) groups is 3. The van der Waals surface area contributed by atoms with Gasteiger partial charge in [-0.3, -0.25) is 0 Å². The van der Waals surface area contributed by atoms with E-state index < -0.39 is 23.3 Å². The number of ether oxygens (including phenoxy) is 4. The van der Waals surface area contributed by atoms with Crippen molar-refractivity contribution in [3.63, 3.8) is 0 Å². The molecule has 1 heterocycles. The number of hydrogen-bond donors (Lipinski definition) is 0. The van der Waals surface area contributed by atoms with Crippen LogP contribution in [0.3, 0.4) is 0 Å². The van der Waals surface area contributed by atoms with E-state index in [2.05, 4.69) is 15.9 Å². The van der Waals surface area contributed by atoms with E-state index in [4.69, 9.17) is 30.5 Å². The van der Waals surface area contributed by atoms with Crippen molar-refractivity contribution in [3.05, 3.63) is 62.6 Å². The van der Waals surface area contributed by atoms with Crippen molar-refractivity contribution in [3.8, 4) is 5.75 Å². The number of carbonyl (C=O) groups excluding carboxylic acids is 3. The van der Waals surface area contributed by atoms with Crippen molar-refractivity contribution in [1.29, 1.82) is 0 Å². The van der Waals surface area contributed by atoms with Gasteiger partial charge < -0.3 is 28.7 Å². The van der Waals surface area contributed by atoms with Crippen molar-refractivity contribution < 1.29 is 33.3 Å². The molecule has 0 aliphatic carbocycles. The normalized spacial score (nSPS) is 13.7. The van der Waals surface area contributed by atoms with Crippen LogP contribution in [0.5, 0.6) is 5.75 Å². The quantitative estimate of drug-likeness (QED) is 0.222. The number of rotatable bonds is 8. The molecule has 224 valence electrons. The number of halogens is 2. The molecule has 0 radical (unpaired) electrons. The molecule has 0 bridgehead atoms. The molecule has 0 saturated carbocycles. The summed E-state index contributed by atoms with van der Waals surface area (Å²) in [5, 5.41) is 0.596. The summed E-state index contributed by atoms with van der Waals surface area (Å²) in [4.78, 5) is 41.3. The fraction of sp³-hybridized carbons (Fsp3) is 0.500. The molecule has 1 saturated heterocycles. The zero-order chi connectivity index (χ0) is 30.5. The molecule has 0 aromatic heterocycles. The summed E-state index contributed by atoms with van der Waals surface area (Å²) in [7, 11) is 1.31. The number of methoxy groups -OCH3 is 1. The van der Waals surface area contributed by atoms with Gasteiger partial charge in [-0.15, -0.1) is 0 Å². The number of amides is 2. The molecule has 9 nitrogen and oxygen atoms in total. The van der Waals surface area contributed by atoms with Gasteiger partial charge in [0.15, 0.2) is 0 Å². The Morgan fingerprint density at radius 1 is 1.00 bits per heavy atom. The molecule has 2 aromatic carbocycles. The number of benzene rings is 2. The zero-order valence-corrected chi connectivity index (χ0v) is 26.9. The first-order chi connectivity index (χ1) is 19.0. The van der Waals surface area contributed by atoms with E-state index in [1.165, 1.54) is 7.11 Å². The molecule has 1 aliphatic rings. The van der Waals surface area contributed by atoms with Gasteiger partial charge in [0, 0.05) is 47.2 Å². The van der Waals surface area contributed by atoms with Crippen LogP contribution in [0.25, 0.3) is 0 Å². The summed E-state index contributed by atoms with van der Waals surface area (Å²) in [6.07, 6.45) is -0.873. The molecule has 1 aliphatic heterocycles. The smallest absolute Gasteiger partial charge is 0.410 e. The lowest BCUT2D eigenvalue weighted by Gasteiger charge is -2.42. The second-order valence-electron chi connectivity index (χ2n) is 12.0. The summed E-state index contributed by atoms with van der Waals surface area (Å²) >= 11 is 9.54. The topological polar surface area (TPSA) is 94.6 Å². The van der Waals surface area contributed by atoms with Crippen LogP contribution in [0, 0.1) is 5.92 Å². The van der Waals surface area contributed by atoms with E-state index in [0.29, 0.717) is 41.5 Å². The first kappa shape index (κ1) is 32.5. The number of nitrogens with zero attached hydrogens (tertiary/aromatic N) is 2. The Bertz CT molecular complexity index is 1270. The lowest BCUT2D eigenvalue weighted by Crippen LogP contribution is -2.55. The third kappa shape index (κ3) is 10.1. The molecule has 1 fully saturated rings. The first-order valence-electron chi connectivity index (χ1n) is 13.3. The second-order valence-corrected chi connectivity index (χ2v) is 13.3. The van der Waals surface area contributed by atoms with E-state index in [-0.39, 0.29) is 25.2 Å². The minimum absolute atomic E-state index is 0.0387. The highest BCUT2D eigenvalue weighted by molar-refractivity contribution is 9.10. The lowest BCUT2D eigenvalue weighted by molar-refractivity contribution is -0.0123. The Hall–Kier alpha value is -2.98. The molecule has 0 N–H and O–H groups in total. The highest BCUT2D eigenvalue weighted by Gasteiger charge is 2.36. The highest BCUT2D eigenvalue weighted by Crippen LogP contribution is 2.27. The summed E-state index contributed by atoms with van der Waals surface area (Å²) in [5.41, 5.74) is 0.533. The molecule has 3 rings (SSSR count). The monoisotopic (exact) mass is 652 g/mol. The van der Waals surface area contributed by atoms with Gasteiger partial charge in [0.25, 0.3) is 0 Å². The van der Waals surface area contributed by atoms with Crippen LogP contribution in [-0.4, -0.2) is 65.9 Å². The van der Waals surface area contributed by atoms with Gasteiger partial charge in [0.05, 0.1) is 12.7 Å². The van der Waals surface area contributed by atoms with Crippen molar-refractivity contribution >= 4 is 45.7 Å². The number of likely N-dealkylation sites (tertiary alicyclic amines) is 1. The molecule has 0 atom stereocenters. The van der Waals surface area contributed by atoms with Crippen LogP contribution < -0.4 is 4.74 Å². The average molecular weight is 654 g/mol. The van der Waals surface area contributed by atoms with Crippen molar-refractivity contribution in [2.45, 2.75) is 65.9 Å². The minimum atomic E-state index is -0.703. The minimum Gasteiger partial charge on any atom is -0.489 e. The van der Waals surface area contributed by atoms with Gasteiger partial charge in [-0.1, -0.05) is 33.6 Å².